The Morgan fingerprint density at radius 3 is 2.65 bits per heavy atom. The quantitative estimate of drug-likeness (QED) is 0.829. The first-order valence-electron chi connectivity index (χ1n) is 4.50. The minimum Gasteiger partial charge on any atom is -0.494 e. The highest BCUT2D eigenvalue weighted by molar-refractivity contribution is 6.31. The van der Waals surface area contributed by atoms with Gasteiger partial charge >= 0.3 is 0 Å². The molecule has 0 aliphatic rings. The third-order valence-electron chi connectivity index (χ3n) is 2.07. The molecule has 0 bridgehead atoms. The van der Waals surface area contributed by atoms with Crippen LogP contribution in [0.25, 0.3) is 11.3 Å². The van der Waals surface area contributed by atoms with E-state index >= 15 is 0 Å². The lowest BCUT2D eigenvalue weighted by Crippen LogP contribution is -1.97. The van der Waals surface area contributed by atoms with E-state index in [1.807, 2.05) is 0 Å². The maximum Gasteiger partial charge on any atom is 0.165 e. The highest BCUT2D eigenvalue weighted by atomic mass is 35.5. The van der Waals surface area contributed by atoms with Gasteiger partial charge in [0, 0.05) is 11.6 Å². The molecule has 1 aromatic heterocycles. The standard InChI is InChI=1S/C10H6ClF2N3O/c1-17-8-3-6(12)5(2-7(8)13)9-10(11)14-4-15-16-9/h2-4H,1H3. The van der Waals surface area contributed by atoms with Gasteiger partial charge in [-0.2, -0.15) is 0 Å². The van der Waals surface area contributed by atoms with Crippen molar-refractivity contribution in [1.82, 2.24) is 15.2 Å². The number of ether oxygens (including phenoxy) is 1. The van der Waals surface area contributed by atoms with Crippen LogP contribution in [-0.2, 0) is 0 Å². The Morgan fingerprint density at radius 1 is 1.24 bits per heavy atom. The summed E-state index contributed by atoms with van der Waals surface area (Å²) in [6, 6.07) is 1.85. The molecule has 4 nitrogen and oxygen atoms in total. The molecule has 0 aliphatic heterocycles. The predicted molar refractivity (Wildman–Crippen MR) is 56.7 cm³/mol. The molecule has 0 amide bonds. The van der Waals surface area contributed by atoms with E-state index in [9.17, 15) is 8.78 Å². The maximum absolute atomic E-state index is 13.7. The largest absolute Gasteiger partial charge is 0.494 e. The Hall–Kier alpha value is -1.82. The third-order valence-corrected chi connectivity index (χ3v) is 2.35. The molecule has 0 spiro atoms. The normalized spacial score (nSPS) is 10.4. The number of nitrogens with zero attached hydrogens (tertiary/aromatic N) is 3. The average Bonchev–Trinajstić information content (AvgIpc) is 2.32. The van der Waals surface area contributed by atoms with Crippen LogP contribution in [0.4, 0.5) is 8.78 Å². The number of rotatable bonds is 2. The van der Waals surface area contributed by atoms with Crippen LogP contribution in [0.15, 0.2) is 18.5 Å². The second-order valence-corrected chi connectivity index (χ2v) is 3.42. The highest BCUT2D eigenvalue weighted by Gasteiger charge is 2.16. The number of hydrogen-bond donors (Lipinski definition) is 0. The summed E-state index contributed by atoms with van der Waals surface area (Å²) >= 11 is 5.72. The number of methoxy groups -OCH3 is 1. The van der Waals surface area contributed by atoms with E-state index in [0.29, 0.717) is 0 Å². The van der Waals surface area contributed by atoms with Crippen LogP contribution in [0, 0.1) is 11.6 Å². The van der Waals surface area contributed by atoms with Crippen LogP contribution in [0.1, 0.15) is 0 Å². The Kier molecular flexibility index (Phi) is 3.14. The smallest absolute Gasteiger partial charge is 0.165 e. The van der Waals surface area contributed by atoms with Crippen molar-refractivity contribution in [2.24, 2.45) is 0 Å². The van der Waals surface area contributed by atoms with Crippen molar-refractivity contribution in [3.63, 3.8) is 0 Å². The van der Waals surface area contributed by atoms with Crippen molar-refractivity contribution in [3.8, 4) is 17.0 Å². The molecule has 1 heterocycles. The first kappa shape index (κ1) is 11.7. The highest BCUT2D eigenvalue weighted by Crippen LogP contribution is 2.30. The van der Waals surface area contributed by atoms with Gasteiger partial charge in [0.05, 0.1) is 7.11 Å². The maximum atomic E-state index is 13.7. The Labute approximate surface area is 100 Å². The number of benzene rings is 1. The van der Waals surface area contributed by atoms with E-state index in [2.05, 4.69) is 19.9 Å². The first-order chi connectivity index (χ1) is 8.13. The van der Waals surface area contributed by atoms with Gasteiger partial charge < -0.3 is 4.74 Å². The number of halogens is 3. The first-order valence-corrected chi connectivity index (χ1v) is 4.88. The van der Waals surface area contributed by atoms with Gasteiger partial charge in [-0.1, -0.05) is 11.6 Å². The summed E-state index contributed by atoms with van der Waals surface area (Å²) in [4.78, 5) is 3.64. The van der Waals surface area contributed by atoms with Crippen LogP contribution in [0.2, 0.25) is 5.15 Å². The number of hydrogen-bond acceptors (Lipinski definition) is 4. The minimum atomic E-state index is -0.717. The van der Waals surface area contributed by atoms with Gasteiger partial charge in [0.1, 0.15) is 17.8 Å². The molecule has 0 aliphatic carbocycles. The molecule has 2 aromatic rings. The van der Waals surface area contributed by atoms with Crippen molar-refractivity contribution in [2.75, 3.05) is 7.11 Å². The molecule has 0 saturated heterocycles. The van der Waals surface area contributed by atoms with Crippen LogP contribution in [-0.4, -0.2) is 22.3 Å². The Bertz CT molecular complexity index is 565. The van der Waals surface area contributed by atoms with Crippen LogP contribution in [0.3, 0.4) is 0 Å². The zero-order chi connectivity index (χ0) is 12.4. The van der Waals surface area contributed by atoms with E-state index in [4.69, 9.17) is 11.6 Å². The molecule has 0 N–H and O–H groups in total. The summed E-state index contributed by atoms with van der Waals surface area (Å²) in [7, 11) is 1.24. The topological polar surface area (TPSA) is 47.9 Å². The van der Waals surface area contributed by atoms with E-state index in [0.717, 1.165) is 18.5 Å². The summed E-state index contributed by atoms with van der Waals surface area (Å²) in [5.74, 6) is -1.63. The molecule has 88 valence electrons. The second-order valence-electron chi connectivity index (χ2n) is 3.07. The number of aromatic nitrogens is 3. The molecular formula is C10H6ClF2N3O. The van der Waals surface area contributed by atoms with Gasteiger partial charge in [0.2, 0.25) is 0 Å². The molecule has 1 aromatic carbocycles. The molecule has 0 fully saturated rings. The lowest BCUT2D eigenvalue weighted by molar-refractivity contribution is 0.383. The van der Waals surface area contributed by atoms with Crippen molar-refractivity contribution in [2.45, 2.75) is 0 Å². The van der Waals surface area contributed by atoms with Crippen LogP contribution < -0.4 is 4.74 Å². The molecule has 2 rings (SSSR count). The van der Waals surface area contributed by atoms with Crippen molar-refractivity contribution < 1.29 is 13.5 Å². The lowest BCUT2D eigenvalue weighted by Gasteiger charge is -2.06. The molecular weight excluding hydrogens is 252 g/mol. The van der Waals surface area contributed by atoms with Crippen LogP contribution >= 0.6 is 11.6 Å². The molecule has 0 atom stereocenters. The lowest BCUT2D eigenvalue weighted by atomic mass is 10.1. The monoisotopic (exact) mass is 257 g/mol. The van der Waals surface area contributed by atoms with Crippen LogP contribution in [0.5, 0.6) is 5.75 Å². The summed E-state index contributed by atoms with van der Waals surface area (Å²) in [6.07, 6.45) is 1.11. The predicted octanol–water partition coefficient (Wildman–Crippen LogP) is 2.48. The summed E-state index contributed by atoms with van der Waals surface area (Å²) < 4.78 is 31.8. The fourth-order valence-corrected chi connectivity index (χ4v) is 1.48. The van der Waals surface area contributed by atoms with E-state index < -0.39 is 11.6 Å². The Morgan fingerprint density at radius 2 is 2.00 bits per heavy atom. The van der Waals surface area contributed by atoms with Gasteiger partial charge in [-0.05, 0) is 6.07 Å². The molecule has 0 saturated carbocycles. The zero-order valence-corrected chi connectivity index (χ0v) is 9.37. The van der Waals surface area contributed by atoms with Crippen molar-refractivity contribution >= 4 is 11.6 Å². The fourth-order valence-electron chi connectivity index (χ4n) is 1.29. The second kappa shape index (κ2) is 4.58. The minimum absolute atomic E-state index is 0.0202. The van der Waals surface area contributed by atoms with Gasteiger partial charge in [-0.25, -0.2) is 13.8 Å². The van der Waals surface area contributed by atoms with E-state index in [-0.39, 0.29) is 22.2 Å². The molecule has 0 radical (unpaired) electrons. The van der Waals surface area contributed by atoms with E-state index in [1.165, 1.54) is 7.11 Å². The van der Waals surface area contributed by atoms with Crippen molar-refractivity contribution in [3.05, 3.63) is 35.2 Å². The van der Waals surface area contributed by atoms with Gasteiger partial charge in [0.15, 0.2) is 16.7 Å². The van der Waals surface area contributed by atoms with Gasteiger partial charge in [0.25, 0.3) is 0 Å². The van der Waals surface area contributed by atoms with E-state index in [1.54, 1.807) is 0 Å². The van der Waals surface area contributed by atoms with Gasteiger partial charge in [-0.15, -0.1) is 10.2 Å². The molecule has 17 heavy (non-hydrogen) atoms. The molecule has 0 unspecified atom stereocenters. The Balaban J connectivity index is 2.61. The average molecular weight is 258 g/mol. The van der Waals surface area contributed by atoms with Gasteiger partial charge in [-0.3, -0.25) is 0 Å². The summed E-state index contributed by atoms with van der Waals surface area (Å²) in [5.41, 5.74) is -0.137. The third kappa shape index (κ3) is 2.16. The van der Waals surface area contributed by atoms with Crippen molar-refractivity contribution in [1.29, 1.82) is 0 Å². The zero-order valence-electron chi connectivity index (χ0n) is 8.62. The SMILES string of the molecule is COc1cc(F)c(-c2nncnc2Cl)cc1F. The summed E-state index contributed by atoms with van der Waals surface area (Å²) in [6.45, 7) is 0. The molecule has 7 heteroatoms. The fraction of sp³-hybridized carbons (Fsp3) is 0.100. The summed E-state index contributed by atoms with van der Waals surface area (Å²) in [5, 5.41) is 7.03.